The first kappa shape index (κ1) is 11.8. The third-order valence-corrected chi connectivity index (χ3v) is 1.73. The number of phenolic OH excluding ortho intramolecular Hbond substituents is 1. The SMILES string of the molecule is CC.COc1c(C)ccc(C)c1O. The Labute approximate surface area is 80.2 Å². The summed E-state index contributed by atoms with van der Waals surface area (Å²) in [5.41, 5.74) is 1.79. The average Bonchev–Trinajstić information content (AvgIpc) is 2.16. The van der Waals surface area contributed by atoms with Crippen molar-refractivity contribution in [3.05, 3.63) is 23.3 Å². The van der Waals surface area contributed by atoms with Crippen LogP contribution in [0.2, 0.25) is 0 Å². The molecule has 2 nitrogen and oxygen atoms in total. The van der Waals surface area contributed by atoms with Crippen LogP contribution in [0.3, 0.4) is 0 Å². The second kappa shape index (κ2) is 5.46. The number of rotatable bonds is 1. The fraction of sp³-hybridized carbons (Fsp3) is 0.455. The lowest BCUT2D eigenvalue weighted by molar-refractivity contribution is 0.369. The standard InChI is InChI=1S/C9H12O2.C2H6/c1-6-4-5-7(2)9(11-3)8(6)10;1-2/h4-5,10H,1-3H3;1-2H3. The Morgan fingerprint density at radius 3 is 1.92 bits per heavy atom. The van der Waals surface area contributed by atoms with Gasteiger partial charge in [0.1, 0.15) is 0 Å². The van der Waals surface area contributed by atoms with Gasteiger partial charge in [-0.1, -0.05) is 26.0 Å². The van der Waals surface area contributed by atoms with Crippen molar-refractivity contribution in [3.8, 4) is 11.5 Å². The van der Waals surface area contributed by atoms with Gasteiger partial charge in [0.2, 0.25) is 0 Å². The highest BCUT2D eigenvalue weighted by Gasteiger charge is 2.06. The maximum Gasteiger partial charge on any atom is 0.163 e. The van der Waals surface area contributed by atoms with Crippen LogP contribution >= 0.6 is 0 Å². The summed E-state index contributed by atoms with van der Waals surface area (Å²) in [7, 11) is 1.56. The summed E-state index contributed by atoms with van der Waals surface area (Å²) < 4.78 is 5.01. The minimum absolute atomic E-state index is 0.243. The smallest absolute Gasteiger partial charge is 0.163 e. The number of ether oxygens (including phenoxy) is 1. The maximum absolute atomic E-state index is 9.45. The van der Waals surface area contributed by atoms with Gasteiger partial charge in [-0.05, 0) is 25.0 Å². The molecule has 0 aliphatic rings. The van der Waals surface area contributed by atoms with Crippen LogP contribution in [0.5, 0.6) is 11.5 Å². The predicted molar refractivity (Wildman–Crippen MR) is 55.5 cm³/mol. The number of aromatic hydroxyl groups is 1. The largest absolute Gasteiger partial charge is 0.504 e. The lowest BCUT2D eigenvalue weighted by Crippen LogP contribution is -1.88. The molecule has 0 atom stereocenters. The molecule has 0 aliphatic heterocycles. The van der Waals surface area contributed by atoms with Gasteiger partial charge in [0.15, 0.2) is 11.5 Å². The van der Waals surface area contributed by atoms with E-state index in [1.54, 1.807) is 7.11 Å². The zero-order valence-electron chi connectivity index (χ0n) is 9.01. The summed E-state index contributed by atoms with van der Waals surface area (Å²) in [5, 5.41) is 9.45. The van der Waals surface area contributed by atoms with Crippen molar-refractivity contribution in [1.29, 1.82) is 0 Å². The van der Waals surface area contributed by atoms with E-state index in [0.717, 1.165) is 11.1 Å². The second-order valence-electron chi connectivity index (χ2n) is 2.58. The Morgan fingerprint density at radius 2 is 1.54 bits per heavy atom. The predicted octanol–water partition coefficient (Wildman–Crippen LogP) is 3.04. The van der Waals surface area contributed by atoms with Crippen molar-refractivity contribution in [3.63, 3.8) is 0 Å². The number of methoxy groups -OCH3 is 1. The summed E-state index contributed by atoms with van der Waals surface area (Å²) in [4.78, 5) is 0. The molecular formula is C11H18O2. The van der Waals surface area contributed by atoms with E-state index in [1.165, 1.54) is 0 Å². The van der Waals surface area contributed by atoms with E-state index in [1.807, 2.05) is 39.8 Å². The summed E-state index contributed by atoms with van der Waals surface area (Å²) in [6.45, 7) is 7.75. The molecule has 2 heteroatoms. The van der Waals surface area contributed by atoms with E-state index in [4.69, 9.17) is 4.74 Å². The molecule has 0 amide bonds. The summed E-state index contributed by atoms with van der Waals surface area (Å²) in [6, 6.07) is 3.79. The Hall–Kier alpha value is -1.18. The highest BCUT2D eigenvalue weighted by molar-refractivity contribution is 5.49. The van der Waals surface area contributed by atoms with Gasteiger partial charge in [0, 0.05) is 0 Å². The molecule has 0 saturated carbocycles. The van der Waals surface area contributed by atoms with Crippen LogP contribution in [-0.4, -0.2) is 12.2 Å². The van der Waals surface area contributed by atoms with Crippen LogP contribution in [0, 0.1) is 13.8 Å². The van der Waals surface area contributed by atoms with E-state index in [2.05, 4.69) is 0 Å². The van der Waals surface area contributed by atoms with Gasteiger partial charge in [-0.2, -0.15) is 0 Å². The van der Waals surface area contributed by atoms with E-state index >= 15 is 0 Å². The molecule has 1 aromatic rings. The molecule has 13 heavy (non-hydrogen) atoms. The molecule has 0 unspecified atom stereocenters. The van der Waals surface area contributed by atoms with Crippen molar-refractivity contribution in [1.82, 2.24) is 0 Å². The Kier molecular flexibility index (Phi) is 4.97. The fourth-order valence-corrected chi connectivity index (χ4v) is 1.03. The number of phenols is 1. The highest BCUT2D eigenvalue weighted by Crippen LogP contribution is 2.32. The molecule has 0 heterocycles. The average molecular weight is 182 g/mol. The van der Waals surface area contributed by atoms with Gasteiger partial charge in [-0.25, -0.2) is 0 Å². The third-order valence-electron chi connectivity index (χ3n) is 1.73. The van der Waals surface area contributed by atoms with E-state index in [-0.39, 0.29) is 5.75 Å². The first-order valence-electron chi connectivity index (χ1n) is 4.50. The molecule has 0 spiro atoms. The summed E-state index contributed by atoms with van der Waals surface area (Å²) in [5.74, 6) is 0.817. The number of benzene rings is 1. The molecule has 0 fully saturated rings. The lowest BCUT2D eigenvalue weighted by Gasteiger charge is -2.08. The van der Waals surface area contributed by atoms with Crippen LogP contribution in [0.15, 0.2) is 12.1 Å². The molecular weight excluding hydrogens is 164 g/mol. The topological polar surface area (TPSA) is 29.5 Å². The fourth-order valence-electron chi connectivity index (χ4n) is 1.03. The van der Waals surface area contributed by atoms with Crippen molar-refractivity contribution in [2.24, 2.45) is 0 Å². The summed E-state index contributed by atoms with van der Waals surface area (Å²) in [6.07, 6.45) is 0. The van der Waals surface area contributed by atoms with Gasteiger partial charge in [0.25, 0.3) is 0 Å². The molecule has 0 radical (unpaired) electrons. The van der Waals surface area contributed by atoms with Crippen LogP contribution < -0.4 is 4.74 Å². The first-order chi connectivity index (χ1) is 6.16. The molecule has 74 valence electrons. The number of hydrogen-bond donors (Lipinski definition) is 1. The Balaban J connectivity index is 0.000000671. The molecule has 0 bridgehead atoms. The van der Waals surface area contributed by atoms with Gasteiger partial charge in [0.05, 0.1) is 7.11 Å². The maximum atomic E-state index is 9.45. The third kappa shape index (κ3) is 2.65. The minimum Gasteiger partial charge on any atom is -0.504 e. The quantitative estimate of drug-likeness (QED) is 0.723. The first-order valence-corrected chi connectivity index (χ1v) is 4.50. The second-order valence-corrected chi connectivity index (χ2v) is 2.58. The molecule has 0 saturated heterocycles. The van der Waals surface area contributed by atoms with E-state index in [0.29, 0.717) is 5.75 Å². The van der Waals surface area contributed by atoms with Gasteiger partial charge < -0.3 is 9.84 Å². The van der Waals surface area contributed by atoms with Crippen LogP contribution in [0.25, 0.3) is 0 Å². The van der Waals surface area contributed by atoms with Crippen LogP contribution in [0.1, 0.15) is 25.0 Å². The summed E-state index contributed by atoms with van der Waals surface area (Å²) >= 11 is 0. The molecule has 1 N–H and O–H groups in total. The minimum atomic E-state index is 0.243. The van der Waals surface area contributed by atoms with Crippen LogP contribution in [-0.2, 0) is 0 Å². The van der Waals surface area contributed by atoms with E-state index < -0.39 is 0 Å². The Bertz CT molecular complexity index is 267. The van der Waals surface area contributed by atoms with Gasteiger partial charge in [-0.15, -0.1) is 0 Å². The molecule has 0 aromatic heterocycles. The molecule has 0 aliphatic carbocycles. The van der Waals surface area contributed by atoms with Crippen LogP contribution in [0.4, 0.5) is 0 Å². The normalized spacial score (nSPS) is 8.69. The van der Waals surface area contributed by atoms with Crippen molar-refractivity contribution in [2.45, 2.75) is 27.7 Å². The van der Waals surface area contributed by atoms with Gasteiger partial charge >= 0.3 is 0 Å². The van der Waals surface area contributed by atoms with Crippen molar-refractivity contribution >= 4 is 0 Å². The molecule has 1 aromatic carbocycles. The number of aryl methyl sites for hydroxylation is 2. The zero-order valence-corrected chi connectivity index (χ0v) is 9.01. The number of hydrogen-bond acceptors (Lipinski definition) is 2. The highest BCUT2D eigenvalue weighted by atomic mass is 16.5. The lowest BCUT2D eigenvalue weighted by atomic mass is 10.1. The molecule has 1 rings (SSSR count). The van der Waals surface area contributed by atoms with Crippen molar-refractivity contribution in [2.75, 3.05) is 7.11 Å². The van der Waals surface area contributed by atoms with Crippen molar-refractivity contribution < 1.29 is 9.84 Å². The monoisotopic (exact) mass is 182 g/mol. The van der Waals surface area contributed by atoms with Gasteiger partial charge in [-0.3, -0.25) is 0 Å². The zero-order chi connectivity index (χ0) is 10.4. The Morgan fingerprint density at radius 1 is 1.08 bits per heavy atom. The van der Waals surface area contributed by atoms with E-state index in [9.17, 15) is 5.11 Å².